The second kappa shape index (κ2) is 7.37. The summed E-state index contributed by atoms with van der Waals surface area (Å²) in [5.74, 6) is -0.371. The van der Waals surface area contributed by atoms with Gasteiger partial charge in [-0.25, -0.2) is 0 Å². The molecular formula is C13H16F3N3OS. The van der Waals surface area contributed by atoms with Crippen molar-refractivity contribution in [1.29, 1.82) is 0 Å². The highest BCUT2D eigenvalue weighted by molar-refractivity contribution is 7.80. The van der Waals surface area contributed by atoms with Crippen LogP contribution in [0.5, 0.6) is 0 Å². The number of alkyl halides is 3. The number of nitrogens with one attached hydrogen (secondary N) is 1. The van der Waals surface area contributed by atoms with E-state index < -0.39 is 12.7 Å². The van der Waals surface area contributed by atoms with Gasteiger partial charge in [0.05, 0.1) is 6.54 Å². The summed E-state index contributed by atoms with van der Waals surface area (Å²) < 4.78 is 36.4. The molecule has 1 rings (SSSR count). The van der Waals surface area contributed by atoms with Gasteiger partial charge in [0, 0.05) is 24.2 Å². The molecule has 0 aromatic heterocycles. The Bertz CT molecular complexity index is 520. The summed E-state index contributed by atoms with van der Waals surface area (Å²) in [6.45, 7) is -1.03. The van der Waals surface area contributed by atoms with E-state index in [1.54, 1.807) is 24.3 Å². The monoisotopic (exact) mass is 319 g/mol. The Hall–Kier alpha value is -1.67. The van der Waals surface area contributed by atoms with Crippen molar-refractivity contribution in [2.45, 2.75) is 12.6 Å². The fourth-order valence-corrected chi connectivity index (χ4v) is 1.78. The Labute approximate surface area is 126 Å². The van der Waals surface area contributed by atoms with E-state index in [9.17, 15) is 18.0 Å². The highest BCUT2D eigenvalue weighted by Crippen LogP contribution is 2.16. The first kappa shape index (κ1) is 17.4. The molecule has 116 valence electrons. The van der Waals surface area contributed by atoms with E-state index >= 15 is 0 Å². The van der Waals surface area contributed by atoms with Crippen molar-refractivity contribution in [2.24, 2.45) is 5.73 Å². The lowest BCUT2D eigenvalue weighted by molar-refractivity contribution is -0.144. The lowest BCUT2D eigenvalue weighted by Crippen LogP contribution is -2.33. The van der Waals surface area contributed by atoms with Crippen molar-refractivity contribution in [2.75, 3.05) is 25.5 Å². The molecule has 0 fully saturated rings. The first-order chi connectivity index (χ1) is 9.67. The zero-order valence-corrected chi connectivity index (χ0v) is 12.2. The minimum atomic E-state index is -4.27. The number of nitrogens with zero attached hydrogens (tertiary/aromatic N) is 1. The molecule has 0 aliphatic carbocycles. The van der Waals surface area contributed by atoms with Crippen LogP contribution in [0.1, 0.15) is 12.0 Å². The molecule has 1 aromatic rings. The van der Waals surface area contributed by atoms with Gasteiger partial charge in [-0.2, -0.15) is 13.2 Å². The van der Waals surface area contributed by atoms with Crippen LogP contribution >= 0.6 is 12.2 Å². The van der Waals surface area contributed by atoms with Crippen molar-refractivity contribution in [3.8, 4) is 0 Å². The maximum Gasteiger partial charge on any atom is 0.401 e. The quantitative estimate of drug-likeness (QED) is 0.789. The highest BCUT2D eigenvalue weighted by Gasteiger charge is 2.29. The maximum atomic E-state index is 12.1. The number of carbonyl (C=O) groups excluding carboxylic acids is 1. The van der Waals surface area contributed by atoms with Crippen molar-refractivity contribution in [1.82, 2.24) is 4.90 Å². The standard InChI is InChI=1S/C13H16F3N3OS/c1-19(8-13(14,15)16)6-5-11(20)18-10-4-2-3-9(7-10)12(17)21/h2-4,7H,5-6,8H2,1H3,(H2,17,21)(H,18,20). The first-order valence-electron chi connectivity index (χ1n) is 6.12. The number of rotatable bonds is 6. The molecule has 0 aliphatic heterocycles. The van der Waals surface area contributed by atoms with E-state index in [0.29, 0.717) is 11.3 Å². The summed E-state index contributed by atoms with van der Waals surface area (Å²) in [7, 11) is 1.31. The molecule has 0 heterocycles. The van der Waals surface area contributed by atoms with Crippen molar-refractivity contribution in [3.05, 3.63) is 29.8 Å². The molecule has 0 atom stereocenters. The van der Waals surface area contributed by atoms with Gasteiger partial charge in [-0.1, -0.05) is 24.4 Å². The maximum absolute atomic E-state index is 12.1. The summed E-state index contributed by atoms with van der Waals surface area (Å²) in [5, 5.41) is 2.59. The molecule has 0 aliphatic rings. The topological polar surface area (TPSA) is 58.4 Å². The smallest absolute Gasteiger partial charge is 0.389 e. The fraction of sp³-hybridized carbons (Fsp3) is 0.385. The van der Waals surface area contributed by atoms with Crippen molar-refractivity contribution >= 4 is 28.8 Å². The largest absolute Gasteiger partial charge is 0.401 e. The molecule has 21 heavy (non-hydrogen) atoms. The molecule has 0 bridgehead atoms. The molecule has 1 aromatic carbocycles. The lowest BCUT2D eigenvalue weighted by Gasteiger charge is -2.18. The third kappa shape index (κ3) is 7.05. The van der Waals surface area contributed by atoms with Gasteiger partial charge in [0.2, 0.25) is 5.91 Å². The molecule has 0 saturated heterocycles. The Morgan fingerprint density at radius 1 is 1.43 bits per heavy atom. The number of carbonyl (C=O) groups is 1. The molecule has 0 radical (unpaired) electrons. The first-order valence-corrected chi connectivity index (χ1v) is 6.53. The van der Waals surface area contributed by atoms with Gasteiger partial charge in [0.25, 0.3) is 0 Å². The van der Waals surface area contributed by atoms with Crippen LogP contribution in [0.2, 0.25) is 0 Å². The second-order valence-electron chi connectivity index (χ2n) is 4.60. The Morgan fingerprint density at radius 3 is 2.67 bits per heavy atom. The van der Waals surface area contributed by atoms with Gasteiger partial charge < -0.3 is 11.1 Å². The van der Waals surface area contributed by atoms with Crippen molar-refractivity contribution < 1.29 is 18.0 Å². The number of hydrogen-bond donors (Lipinski definition) is 2. The van der Waals surface area contributed by atoms with E-state index in [1.165, 1.54) is 7.05 Å². The van der Waals surface area contributed by atoms with Crippen LogP contribution in [0.15, 0.2) is 24.3 Å². The van der Waals surface area contributed by atoms with Crippen LogP contribution < -0.4 is 11.1 Å². The number of nitrogens with two attached hydrogens (primary N) is 1. The van der Waals surface area contributed by atoms with E-state index in [0.717, 1.165) is 4.90 Å². The number of amides is 1. The summed E-state index contributed by atoms with van der Waals surface area (Å²) in [6.07, 6.45) is -4.31. The third-order valence-electron chi connectivity index (χ3n) is 2.60. The Morgan fingerprint density at radius 2 is 2.10 bits per heavy atom. The Balaban J connectivity index is 2.47. The molecule has 3 N–H and O–H groups in total. The van der Waals surface area contributed by atoms with Crippen molar-refractivity contribution in [3.63, 3.8) is 0 Å². The van der Waals surface area contributed by atoms with Gasteiger partial charge >= 0.3 is 6.18 Å². The van der Waals surface area contributed by atoms with Gasteiger partial charge in [-0.05, 0) is 19.2 Å². The third-order valence-corrected chi connectivity index (χ3v) is 2.84. The van der Waals surface area contributed by atoms with Crippen LogP contribution in [-0.4, -0.2) is 42.1 Å². The van der Waals surface area contributed by atoms with E-state index in [1.807, 2.05) is 0 Å². The normalized spacial score (nSPS) is 11.5. The van der Waals surface area contributed by atoms with E-state index in [2.05, 4.69) is 5.32 Å². The number of thiocarbonyl (C=S) groups is 1. The summed E-state index contributed by atoms with van der Waals surface area (Å²) in [4.78, 5) is 12.9. The second-order valence-corrected chi connectivity index (χ2v) is 5.04. The predicted molar refractivity (Wildman–Crippen MR) is 79.1 cm³/mol. The predicted octanol–water partition coefficient (Wildman–Crippen LogP) is 2.14. The van der Waals surface area contributed by atoms with Crippen LogP contribution in [-0.2, 0) is 4.79 Å². The molecule has 1 amide bonds. The zero-order valence-electron chi connectivity index (χ0n) is 11.4. The number of hydrogen-bond acceptors (Lipinski definition) is 3. The molecule has 0 spiro atoms. The van der Waals surface area contributed by atoms with Gasteiger partial charge in [0.1, 0.15) is 4.99 Å². The van der Waals surface area contributed by atoms with Gasteiger partial charge in [-0.3, -0.25) is 9.69 Å². The molecule has 0 unspecified atom stereocenters. The Kier molecular flexibility index (Phi) is 6.10. The van der Waals surface area contributed by atoms with Crippen LogP contribution in [0.25, 0.3) is 0 Å². The number of benzene rings is 1. The van der Waals surface area contributed by atoms with Gasteiger partial charge in [-0.15, -0.1) is 0 Å². The minimum Gasteiger partial charge on any atom is -0.389 e. The highest BCUT2D eigenvalue weighted by atomic mass is 32.1. The van der Waals surface area contributed by atoms with E-state index in [-0.39, 0.29) is 23.9 Å². The zero-order chi connectivity index (χ0) is 16.0. The summed E-state index contributed by atoms with van der Waals surface area (Å²) in [6, 6.07) is 6.65. The lowest BCUT2D eigenvalue weighted by atomic mass is 10.2. The average Bonchev–Trinajstić information content (AvgIpc) is 2.34. The molecule has 8 heteroatoms. The van der Waals surface area contributed by atoms with E-state index in [4.69, 9.17) is 18.0 Å². The van der Waals surface area contributed by atoms with Crippen LogP contribution in [0.3, 0.4) is 0 Å². The van der Waals surface area contributed by atoms with Gasteiger partial charge in [0.15, 0.2) is 0 Å². The molecule has 0 saturated carbocycles. The average molecular weight is 319 g/mol. The van der Waals surface area contributed by atoms with Crippen LogP contribution in [0.4, 0.5) is 18.9 Å². The number of anilines is 1. The summed E-state index contributed by atoms with van der Waals surface area (Å²) >= 11 is 4.82. The molecular weight excluding hydrogens is 303 g/mol. The molecule has 4 nitrogen and oxygen atoms in total. The minimum absolute atomic E-state index is 0.0142. The number of halogens is 3. The fourth-order valence-electron chi connectivity index (χ4n) is 1.65. The SMILES string of the molecule is CN(CCC(=O)Nc1cccc(C(N)=S)c1)CC(F)(F)F. The van der Waals surface area contributed by atoms with Crippen LogP contribution in [0, 0.1) is 0 Å². The summed E-state index contributed by atoms with van der Waals surface area (Å²) in [5.41, 5.74) is 6.59.